The van der Waals surface area contributed by atoms with Crippen molar-refractivity contribution in [2.24, 2.45) is 5.92 Å². The highest BCUT2D eigenvalue weighted by Crippen LogP contribution is 2.37. The highest BCUT2D eigenvalue weighted by molar-refractivity contribution is 5.92. The van der Waals surface area contributed by atoms with Gasteiger partial charge < -0.3 is 9.47 Å². The Hall–Kier alpha value is -0.670. The minimum atomic E-state index is -0.0676. The zero-order valence-corrected chi connectivity index (χ0v) is 12.4. The highest BCUT2D eigenvalue weighted by atomic mass is 16.5. The molecule has 0 aromatic rings. The number of ketones is 1. The van der Waals surface area contributed by atoms with Crippen molar-refractivity contribution in [1.82, 2.24) is 0 Å². The van der Waals surface area contributed by atoms with Gasteiger partial charge in [0, 0.05) is 25.7 Å². The smallest absolute Gasteiger partial charge is 0.158 e. The standard InChI is InChI=1S/C17H26O3/c18-16(12-14-4-2-1-3-5-14)15-6-9-20-17(13-15)7-10-19-11-8-17/h12,15H,1-11,13H2. The Morgan fingerprint density at radius 2 is 1.85 bits per heavy atom. The van der Waals surface area contributed by atoms with Crippen molar-refractivity contribution in [3.8, 4) is 0 Å². The maximum absolute atomic E-state index is 12.5. The molecule has 3 heteroatoms. The minimum Gasteiger partial charge on any atom is -0.381 e. The van der Waals surface area contributed by atoms with Crippen LogP contribution < -0.4 is 0 Å². The summed E-state index contributed by atoms with van der Waals surface area (Å²) < 4.78 is 11.5. The van der Waals surface area contributed by atoms with Crippen LogP contribution >= 0.6 is 0 Å². The van der Waals surface area contributed by atoms with Crippen LogP contribution in [0.1, 0.15) is 57.8 Å². The third-order valence-electron chi connectivity index (χ3n) is 5.14. The van der Waals surface area contributed by atoms with Crippen LogP contribution in [0.4, 0.5) is 0 Å². The molecule has 112 valence electrons. The molecular formula is C17H26O3. The van der Waals surface area contributed by atoms with Crippen LogP contribution in [0, 0.1) is 5.92 Å². The molecule has 2 aliphatic heterocycles. The van der Waals surface area contributed by atoms with Gasteiger partial charge in [0.1, 0.15) is 0 Å². The van der Waals surface area contributed by atoms with Gasteiger partial charge in [0.15, 0.2) is 5.78 Å². The molecule has 3 fully saturated rings. The normalized spacial score (nSPS) is 30.2. The molecule has 3 aliphatic rings. The van der Waals surface area contributed by atoms with Crippen molar-refractivity contribution in [3.05, 3.63) is 11.6 Å². The van der Waals surface area contributed by atoms with Crippen LogP contribution in [0.15, 0.2) is 11.6 Å². The second kappa shape index (κ2) is 6.40. The van der Waals surface area contributed by atoms with Gasteiger partial charge in [-0.2, -0.15) is 0 Å². The van der Waals surface area contributed by atoms with Crippen molar-refractivity contribution in [2.45, 2.75) is 63.4 Å². The van der Waals surface area contributed by atoms with Crippen LogP contribution in [0.3, 0.4) is 0 Å². The summed E-state index contributed by atoms with van der Waals surface area (Å²) in [5, 5.41) is 0. The predicted molar refractivity (Wildman–Crippen MR) is 77.6 cm³/mol. The van der Waals surface area contributed by atoms with Crippen LogP contribution in [0.5, 0.6) is 0 Å². The number of carbonyl (C=O) groups is 1. The van der Waals surface area contributed by atoms with Gasteiger partial charge in [0.2, 0.25) is 0 Å². The second-order valence-electron chi connectivity index (χ2n) is 6.60. The van der Waals surface area contributed by atoms with Gasteiger partial charge in [-0.1, -0.05) is 12.0 Å². The van der Waals surface area contributed by atoms with E-state index in [0.29, 0.717) is 5.78 Å². The minimum absolute atomic E-state index is 0.0676. The summed E-state index contributed by atoms with van der Waals surface area (Å²) in [5.74, 6) is 0.535. The lowest BCUT2D eigenvalue weighted by molar-refractivity contribution is -0.154. The van der Waals surface area contributed by atoms with Crippen molar-refractivity contribution in [3.63, 3.8) is 0 Å². The predicted octanol–water partition coefficient (Wildman–Crippen LogP) is 3.42. The van der Waals surface area contributed by atoms with Gasteiger partial charge >= 0.3 is 0 Å². The maximum Gasteiger partial charge on any atom is 0.158 e. The van der Waals surface area contributed by atoms with Gasteiger partial charge in [-0.15, -0.1) is 0 Å². The monoisotopic (exact) mass is 278 g/mol. The average Bonchev–Trinajstić information content (AvgIpc) is 2.49. The van der Waals surface area contributed by atoms with Crippen molar-refractivity contribution in [1.29, 1.82) is 0 Å². The molecule has 0 aromatic heterocycles. The number of rotatable bonds is 2. The first-order valence-corrected chi connectivity index (χ1v) is 8.22. The van der Waals surface area contributed by atoms with Gasteiger partial charge in [-0.3, -0.25) is 4.79 Å². The molecule has 2 heterocycles. The second-order valence-corrected chi connectivity index (χ2v) is 6.60. The van der Waals surface area contributed by atoms with Crippen LogP contribution in [0.2, 0.25) is 0 Å². The number of hydrogen-bond donors (Lipinski definition) is 0. The summed E-state index contributed by atoms with van der Waals surface area (Å²) in [6.07, 6.45) is 11.8. The first-order chi connectivity index (χ1) is 9.77. The molecule has 3 rings (SSSR count). The zero-order chi connectivity index (χ0) is 13.8. The number of hydrogen-bond acceptors (Lipinski definition) is 3. The van der Waals surface area contributed by atoms with E-state index in [9.17, 15) is 4.79 Å². The van der Waals surface area contributed by atoms with E-state index in [1.807, 2.05) is 6.08 Å². The lowest BCUT2D eigenvalue weighted by atomic mass is 9.78. The summed E-state index contributed by atoms with van der Waals surface area (Å²) in [5.41, 5.74) is 1.32. The molecule has 1 atom stereocenters. The van der Waals surface area contributed by atoms with Gasteiger partial charge in [0.05, 0.1) is 5.60 Å². The molecule has 0 aromatic carbocycles. The van der Waals surface area contributed by atoms with E-state index in [-0.39, 0.29) is 11.5 Å². The number of ether oxygens (including phenoxy) is 2. The molecule has 1 spiro atoms. The Morgan fingerprint density at radius 3 is 2.60 bits per heavy atom. The molecular weight excluding hydrogens is 252 g/mol. The van der Waals surface area contributed by atoms with Crippen molar-refractivity contribution >= 4 is 5.78 Å². The van der Waals surface area contributed by atoms with E-state index >= 15 is 0 Å². The molecule has 2 saturated heterocycles. The van der Waals surface area contributed by atoms with Gasteiger partial charge in [-0.25, -0.2) is 0 Å². The zero-order valence-electron chi connectivity index (χ0n) is 12.4. The van der Waals surface area contributed by atoms with Crippen LogP contribution in [-0.2, 0) is 14.3 Å². The van der Waals surface area contributed by atoms with Gasteiger partial charge in [0.25, 0.3) is 0 Å². The molecule has 1 saturated carbocycles. The molecule has 0 amide bonds. The first kappa shape index (κ1) is 14.3. The van der Waals surface area contributed by atoms with E-state index in [0.717, 1.165) is 58.3 Å². The molecule has 3 nitrogen and oxygen atoms in total. The Labute approximate surface area is 121 Å². The van der Waals surface area contributed by atoms with E-state index in [1.54, 1.807) is 0 Å². The topological polar surface area (TPSA) is 35.5 Å². The molecule has 0 N–H and O–H groups in total. The summed E-state index contributed by atoms with van der Waals surface area (Å²) >= 11 is 0. The van der Waals surface area contributed by atoms with Crippen LogP contribution in [-0.4, -0.2) is 31.2 Å². The van der Waals surface area contributed by atoms with E-state index in [1.165, 1.54) is 24.8 Å². The quantitative estimate of drug-likeness (QED) is 0.726. The third-order valence-corrected chi connectivity index (χ3v) is 5.14. The summed E-state index contributed by atoms with van der Waals surface area (Å²) in [7, 11) is 0. The third kappa shape index (κ3) is 3.32. The van der Waals surface area contributed by atoms with E-state index in [2.05, 4.69) is 0 Å². The van der Waals surface area contributed by atoms with E-state index in [4.69, 9.17) is 9.47 Å². The summed E-state index contributed by atoms with van der Waals surface area (Å²) in [4.78, 5) is 12.5. The Morgan fingerprint density at radius 1 is 1.10 bits per heavy atom. The first-order valence-electron chi connectivity index (χ1n) is 8.22. The fourth-order valence-electron chi connectivity index (χ4n) is 3.83. The molecule has 0 radical (unpaired) electrons. The summed E-state index contributed by atoms with van der Waals surface area (Å²) in [6, 6.07) is 0. The molecule has 20 heavy (non-hydrogen) atoms. The lowest BCUT2D eigenvalue weighted by Gasteiger charge is -2.42. The van der Waals surface area contributed by atoms with Crippen molar-refractivity contribution < 1.29 is 14.3 Å². The number of allylic oxidation sites excluding steroid dienone is 2. The Kier molecular flexibility index (Phi) is 4.57. The maximum atomic E-state index is 12.5. The lowest BCUT2D eigenvalue weighted by Crippen LogP contribution is -2.45. The molecule has 1 aliphatic carbocycles. The fraction of sp³-hybridized carbons (Fsp3) is 0.824. The van der Waals surface area contributed by atoms with Gasteiger partial charge in [-0.05, 0) is 57.4 Å². The van der Waals surface area contributed by atoms with Crippen molar-refractivity contribution in [2.75, 3.05) is 19.8 Å². The SMILES string of the molecule is O=C(C=C1CCCCC1)C1CCOC2(CCOCC2)C1. The summed E-state index contributed by atoms with van der Waals surface area (Å²) in [6.45, 7) is 2.30. The highest BCUT2D eigenvalue weighted by Gasteiger charge is 2.40. The average molecular weight is 278 g/mol. The van der Waals surface area contributed by atoms with Crippen LogP contribution in [0.25, 0.3) is 0 Å². The largest absolute Gasteiger partial charge is 0.381 e. The molecule has 0 bridgehead atoms. The number of carbonyl (C=O) groups excluding carboxylic acids is 1. The fourth-order valence-corrected chi connectivity index (χ4v) is 3.83. The Balaban J connectivity index is 1.62. The molecule has 1 unspecified atom stereocenters. The van der Waals surface area contributed by atoms with E-state index < -0.39 is 0 Å². The Bertz CT molecular complexity index is 366.